The average molecular weight is 512 g/mol. The molecule has 3 aromatic rings. The lowest BCUT2D eigenvalue weighted by molar-refractivity contribution is 0.0753. The van der Waals surface area contributed by atoms with E-state index < -0.39 is 0 Å². The lowest BCUT2D eigenvalue weighted by atomic mass is 9.97. The number of aromatic nitrogens is 2. The maximum atomic E-state index is 14.2. The summed E-state index contributed by atoms with van der Waals surface area (Å²) in [5, 5.41) is 0.832. The third kappa shape index (κ3) is 5.38. The fourth-order valence-corrected chi connectivity index (χ4v) is 6.37. The Hall–Kier alpha value is -2.62. The van der Waals surface area contributed by atoms with E-state index in [9.17, 15) is 9.18 Å². The molecule has 0 unspecified atom stereocenters. The van der Waals surface area contributed by atoms with Crippen LogP contribution in [0.3, 0.4) is 0 Å². The van der Waals surface area contributed by atoms with Crippen molar-refractivity contribution in [1.29, 1.82) is 0 Å². The maximum absolute atomic E-state index is 14.2. The summed E-state index contributed by atoms with van der Waals surface area (Å²) in [7, 11) is 3.46. The SMILES string of the molecule is CN(C)C(=O)c1sc2ncnc(N3CCC(COCCN4CCCC4)CC3)c2c1-c1cccc(F)c1. The summed E-state index contributed by atoms with van der Waals surface area (Å²) in [6, 6.07) is 6.42. The van der Waals surface area contributed by atoms with Crippen molar-refractivity contribution in [3.63, 3.8) is 0 Å². The Balaban J connectivity index is 1.35. The van der Waals surface area contributed by atoms with Crippen LogP contribution in [-0.4, -0.2) is 85.7 Å². The van der Waals surface area contributed by atoms with Gasteiger partial charge in [-0.3, -0.25) is 4.79 Å². The predicted octanol–water partition coefficient (Wildman–Crippen LogP) is 4.53. The van der Waals surface area contributed by atoms with Gasteiger partial charge in [0.15, 0.2) is 0 Å². The van der Waals surface area contributed by atoms with Gasteiger partial charge >= 0.3 is 0 Å². The Morgan fingerprint density at radius 2 is 1.94 bits per heavy atom. The van der Waals surface area contributed by atoms with Gasteiger partial charge in [-0.25, -0.2) is 14.4 Å². The molecule has 2 aliphatic rings. The van der Waals surface area contributed by atoms with E-state index in [0.29, 0.717) is 16.4 Å². The van der Waals surface area contributed by atoms with Crippen LogP contribution < -0.4 is 4.90 Å². The minimum atomic E-state index is -0.334. The highest BCUT2D eigenvalue weighted by Gasteiger charge is 2.28. The molecule has 0 radical (unpaired) electrons. The maximum Gasteiger partial charge on any atom is 0.264 e. The number of hydrogen-bond donors (Lipinski definition) is 0. The van der Waals surface area contributed by atoms with Crippen molar-refractivity contribution in [3.8, 4) is 11.1 Å². The van der Waals surface area contributed by atoms with Gasteiger partial charge < -0.3 is 19.4 Å². The zero-order valence-corrected chi connectivity index (χ0v) is 21.9. The van der Waals surface area contributed by atoms with Gasteiger partial charge in [0.1, 0.15) is 27.7 Å². The van der Waals surface area contributed by atoms with Crippen molar-refractivity contribution in [1.82, 2.24) is 19.8 Å². The Kier molecular flexibility index (Phi) is 7.79. The summed E-state index contributed by atoms with van der Waals surface area (Å²) >= 11 is 1.35. The molecule has 1 aromatic carbocycles. The van der Waals surface area contributed by atoms with E-state index in [-0.39, 0.29) is 11.7 Å². The second-order valence-corrected chi connectivity index (χ2v) is 10.9. The van der Waals surface area contributed by atoms with Gasteiger partial charge in [-0.05, 0) is 62.4 Å². The number of benzene rings is 1. The number of carbonyl (C=O) groups is 1. The van der Waals surface area contributed by atoms with E-state index >= 15 is 0 Å². The number of rotatable bonds is 8. The number of halogens is 1. The predicted molar refractivity (Wildman–Crippen MR) is 142 cm³/mol. The largest absolute Gasteiger partial charge is 0.380 e. The third-order valence-electron chi connectivity index (χ3n) is 7.20. The standard InChI is InChI=1S/C27H34FN5O2S/c1-31(2)27(34)24-22(20-6-5-7-21(28)16-20)23-25(29-18-30-26(23)36-24)33-12-8-19(9-13-33)17-35-15-14-32-10-3-4-11-32/h5-7,16,18-19H,3-4,8-15,17H2,1-2H3. The fraction of sp³-hybridized carbons (Fsp3) is 0.519. The Morgan fingerprint density at radius 1 is 1.17 bits per heavy atom. The third-order valence-corrected chi connectivity index (χ3v) is 8.29. The zero-order valence-electron chi connectivity index (χ0n) is 21.1. The molecule has 2 saturated heterocycles. The number of carbonyl (C=O) groups excluding carboxylic acids is 1. The summed E-state index contributed by atoms with van der Waals surface area (Å²) in [5.74, 6) is 0.905. The van der Waals surface area contributed by atoms with Crippen LogP contribution in [0.25, 0.3) is 21.3 Å². The number of ether oxygens (including phenoxy) is 1. The summed E-state index contributed by atoms with van der Waals surface area (Å²) in [6.45, 7) is 6.78. The summed E-state index contributed by atoms with van der Waals surface area (Å²) in [4.78, 5) is 29.9. The molecule has 0 N–H and O–H groups in total. The van der Waals surface area contributed by atoms with Crippen LogP contribution in [0, 0.1) is 11.7 Å². The number of likely N-dealkylation sites (tertiary alicyclic amines) is 1. The van der Waals surface area contributed by atoms with Gasteiger partial charge in [0, 0.05) is 45.9 Å². The quantitative estimate of drug-likeness (QED) is 0.414. The molecule has 1 amide bonds. The van der Waals surface area contributed by atoms with E-state index in [1.807, 2.05) is 6.07 Å². The monoisotopic (exact) mass is 511 g/mol. The van der Waals surface area contributed by atoms with Crippen LogP contribution in [0.1, 0.15) is 35.4 Å². The molecule has 0 saturated carbocycles. The Bertz CT molecular complexity index is 1200. The Labute approximate surface area is 215 Å². The van der Waals surface area contributed by atoms with Gasteiger partial charge in [-0.2, -0.15) is 0 Å². The smallest absolute Gasteiger partial charge is 0.264 e. The first-order valence-electron chi connectivity index (χ1n) is 12.8. The summed E-state index contributed by atoms with van der Waals surface area (Å²) in [5.41, 5.74) is 1.39. The van der Waals surface area contributed by atoms with Crippen LogP contribution in [0.2, 0.25) is 0 Å². The zero-order chi connectivity index (χ0) is 25.1. The van der Waals surface area contributed by atoms with E-state index in [1.165, 1.54) is 49.4 Å². The molecule has 0 spiro atoms. The van der Waals surface area contributed by atoms with E-state index in [1.54, 1.807) is 31.4 Å². The Morgan fingerprint density at radius 3 is 2.67 bits per heavy atom. The first kappa shape index (κ1) is 25.0. The van der Waals surface area contributed by atoms with Crippen LogP contribution in [0.4, 0.5) is 10.2 Å². The van der Waals surface area contributed by atoms with E-state index in [0.717, 1.165) is 67.3 Å². The van der Waals surface area contributed by atoms with Crippen molar-refractivity contribution in [2.24, 2.45) is 5.92 Å². The molecule has 0 atom stereocenters. The molecule has 192 valence electrons. The van der Waals surface area contributed by atoms with Gasteiger partial charge in [0.25, 0.3) is 5.91 Å². The molecular weight excluding hydrogens is 477 g/mol. The number of fused-ring (bicyclic) bond motifs is 1. The molecule has 2 aliphatic heterocycles. The van der Waals surface area contributed by atoms with E-state index in [4.69, 9.17) is 4.74 Å². The fourth-order valence-electron chi connectivity index (χ4n) is 5.19. The van der Waals surface area contributed by atoms with Crippen LogP contribution in [0.15, 0.2) is 30.6 Å². The molecule has 0 bridgehead atoms. The highest BCUT2D eigenvalue weighted by molar-refractivity contribution is 7.21. The minimum Gasteiger partial charge on any atom is -0.380 e. The van der Waals surface area contributed by atoms with Crippen LogP contribution in [0.5, 0.6) is 0 Å². The number of hydrogen-bond acceptors (Lipinski definition) is 7. The summed E-state index contributed by atoms with van der Waals surface area (Å²) in [6.07, 6.45) is 6.24. The normalized spacial score (nSPS) is 17.2. The van der Waals surface area contributed by atoms with Crippen molar-refractivity contribution >= 4 is 33.3 Å². The first-order valence-corrected chi connectivity index (χ1v) is 13.6. The van der Waals surface area contributed by atoms with Crippen molar-refractivity contribution in [2.45, 2.75) is 25.7 Å². The van der Waals surface area contributed by atoms with Crippen molar-refractivity contribution in [3.05, 3.63) is 41.3 Å². The van der Waals surface area contributed by atoms with Crippen LogP contribution >= 0.6 is 11.3 Å². The topological polar surface area (TPSA) is 61.8 Å². The molecule has 4 heterocycles. The molecule has 9 heteroatoms. The van der Waals surface area contributed by atoms with Crippen molar-refractivity contribution in [2.75, 3.05) is 64.9 Å². The lowest BCUT2D eigenvalue weighted by Gasteiger charge is -2.33. The van der Waals surface area contributed by atoms with E-state index in [2.05, 4.69) is 19.8 Å². The number of amides is 1. The number of anilines is 1. The molecule has 2 fully saturated rings. The second kappa shape index (κ2) is 11.2. The van der Waals surface area contributed by atoms with Crippen molar-refractivity contribution < 1.29 is 13.9 Å². The second-order valence-electron chi connectivity index (χ2n) is 9.95. The highest BCUT2D eigenvalue weighted by atomic mass is 32.1. The lowest BCUT2D eigenvalue weighted by Crippen LogP contribution is -2.36. The number of nitrogens with zero attached hydrogens (tertiary/aromatic N) is 5. The minimum absolute atomic E-state index is 0.118. The molecule has 5 rings (SSSR count). The highest BCUT2D eigenvalue weighted by Crippen LogP contribution is 2.43. The molecule has 36 heavy (non-hydrogen) atoms. The average Bonchev–Trinajstić information content (AvgIpc) is 3.54. The number of piperidine rings is 1. The first-order chi connectivity index (χ1) is 17.5. The molecule has 2 aromatic heterocycles. The van der Waals surface area contributed by atoms with Gasteiger partial charge in [0.05, 0.1) is 12.0 Å². The van der Waals surface area contributed by atoms with Gasteiger partial charge in [-0.15, -0.1) is 11.3 Å². The molecular formula is C27H34FN5O2S. The van der Waals surface area contributed by atoms with Crippen LogP contribution in [-0.2, 0) is 4.74 Å². The molecule has 0 aliphatic carbocycles. The molecule has 7 nitrogen and oxygen atoms in total. The summed E-state index contributed by atoms with van der Waals surface area (Å²) < 4.78 is 20.2. The number of thiophene rings is 1. The van der Waals surface area contributed by atoms with Gasteiger partial charge in [0.2, 0.25) is 0 Å². The van der Waals surface area contributed by atoms with Gasteiger partial charge in [-0.1, -0.05) is 12.1 Å².